The quantitative estimate of drug-likeness (QED) is 0.0776. The van der Waals surface area contributed by atoms with Crippen LogP contribution in [0.3, 0.4) is 0 Å². The summed E-state index contributed by atoms with van der Waals surface area (Å²) >= 11 is 0. The van der Waals surface area contributed by atoms with Gasteiger partial charge in [0.2, 0.25) is 0 Å². The highest BCUT2D eigenvalue weighted by molar-refractivity contribution is 5.85. The Morgan fingerprint density at radius 1 is 0.468 bits per heavy atom. The Labute approximate surface area is 367 Å². The molecule has 3 amide bonds. The highest BCUT2D eigenvalue weighted by Crippen LogP contribution is 2.27. The van der Waals surface area contributed by atoms with Gasteiger partial charge >= 0.3 is 36.2 Å². The number of carbonyl (C=O) groups is 6. The van der Waals surface area contributed by atoms with E-state index in [0.717, 1.165) is 0 Å². The number of rotatable bonds is 17. The molecule has 0 aliphatic rings. The minimum absolute atomic E-state index is 0.0259. The van der Waals surface area contributed by atoms with Crippen molar-refractivity contribution in [2.75, 3.05) is 0 Å². The third kappa shape index (κ3) is 19.0. The zero-order valence-electron chi connectivity index (χ0n) is 39.2. The van der Waals surface area contributed by atoms with Crippen LogP contribution in [0.5, 0.6) is 17.2 Å². The summed E-state index contributed by atoms with van der Waals surface area (Å²) < 4.78 is 33.4. The minimum Gasteiger partial charge on any atom is -0.458 e. The predicted molar refractivity (Wildman–Crippen MR) is 237 cm³/mol. The normalized spacial score (nSPS) is 14.8. The number of hydrogen-bond donors (Lipinski definition) is 3. The maximum atomic E-state index is 13.3. The highest BCUT2D eigenvalue weighted by Gasteiger charge is 2.34. The van der Waals surface area contributed by atoms with Crippen LogP contribution in [0.15, 0.2) is 42.5 Å². The summed E-state index contributed by atoms with van der Waals surface area (Å²) in [5.41, 5.74) is -1.20. The molecular formula is C47H69N3O12. The molecule has 0 heterocycles. The fourth-order valence-electron chi connectivity index (χ4n) is 5.54. The summed E-state index contributed by atoms with van der Waals surface area (Å²) in [6.07, 6.45) is 2.43. The molecular weight excluding hydrogens is 799 g/mol. The molecule has 2 rings (SSSR count). The third-order valence-electron chi connectivity index (χ3n) is 9.32. The highest BCUT2D eigenvalue weighted by atomic mass is 16.6. The van der Waals surface area contributed by atoms with E-state index in [2.05, 4.69) is 16.0 Å². The summed E-state index contributed by atoms with van der Waals surface area (Å²) in [4.78, 5) is 78.3. The zero-order chi connectivity index (χ0) is 47.2. The topological polar surface area (TPSA) is 194 Å². The van der Waals surface area contributed by atoms with Gasteiger partial charge in [0.15, 0.2) is 0 Å². The van der Waals surface area contributed by atoms with Crippen molar-refractivity contribution in [2.45, 2.75) is 158 Å². The van der Waals surface area contributed by atoms with Crippen LogP contribution >= 0.6 is 0 Å². The SMILES string of the molecule is CCC(C)C(NC(=O)Oc1ccc(/C=C/c2cc(OC(=O)NC(C(=O)OC(C)(C)C)C(C)CC)cc(OC(=O)NC(C(=O)OC(C)(C)C)C(C)CC)c2)cc1)C(=O)OC(C)(C)C. The van der Waals surface area contributed by atoms with Gasteiger partial charge in [0.1, 0.15) is 52.2 Å². The average Bonchev–Trinajstić information content (AvgIpc) is 3.14. The van der Waals surface area contributed by atoms with Gasteiger partial charge in [-0.2, -0.15) is 0 Å². The lowest BCUT2D eigenvalue weighted by Crippen LogP contribution is -2.48. The molecule has 0 fully saturated rings. The second kappa shape index (κ2) is 23.0. The molecule has 0 aliphatic carbocycles. The largest absolute Gasteiger partial charge is 0.458 e. The van der Waals surface area contributed by atoms with Crippen LogP contribution in [-0.4, -0.2) is 71.1 Å². The van der Waals surface area contributed by atoms with Crippen LogP contribution in [0.4, 0.5) is 14.4 Å². The number of ether oxygens (including phenoxy) is 6. The van der Waals surface area contributed by atoms with Gasteiger partial charge in [-0.15, -0.1) is 0 Å². The van der Waals surface area contributed by atoms with E-state index < -0.39 is 71.1 Å². The average molecular weight is 868 g/mol. The maximum Gasteiger partial charge on any atom is 0.413 e. The smallest absolute Gasteiger partial charge is 0.413 e. The molecule has 0 saturated carbocycles. The van der Waals surface area contributed by atoms with Gasteiger partial charge in [-0.05, 0) is 115 Å². The number of hydrogen-bond acceptors (Lipinski definition) is 12. The Kier molecular flexibility index (Phi) is 19.5. The molecule has 6 unspecified atom stereocenters. The monoisotopic (exact) mass is 867 g/mol. The van der Waals surface area contributed by atoms with E-state index in [-0.39, 0.29) is 35.0 Å². The number of nitrogens with one attached hydrogen (secondary N) is 3. The molecule has 0 aromatic heterocycles. The first-order valence-electron chi connectivity index (χ1n) is 21.2. The van der Waals surface area contributed by atoms with E-state index in [9.17, 15) is 28.8 Å². The van der Waals surface area contributed by atoms with Crippen LogP contribution in [0.1, 0.15) is 134 Å². The lowest BCUT2D eigenvalue weighted by Gasteiger charge is -2.27. The van der Waals surface area contributed by atoms with Crippen molar-refractivity contribution in [3.8, 4) is 17.2 Å². The Hall–Kier alpha value is -5.60. The lowest BCUT2D eigenvalue weighted by molar-refractivity contribution is -0.159. The molecule has 62 heavy (non-hydrogen) atoms. The van der Waals surface area contributed by atoms with Crippen molar-refractivity contribution in [3.63, 3.8) is 0 Å². The van der Waals surface area contributed by atoms with Gasteiger partial charge in [-0.25, -0.2) is 28.8 Å². The molecule has 0 saturated heterocycles. The molecule has 0 bridgehead atoms. The molecule has 3 N–H and O–H groups in total. The Bertz CT molecular complexity index is 1800. The first-order chi connectivity index (χ1) is 28.6. The van der Waals surface area contributed by atoms with Crippen molar-refractivity contribution in [2.24, 2.45) is 17.8 Å². The van der Waals surface area contributed by atoms with E-state index in [1.165, 1.54) is 18.2 Å². The van der Waals surface area contributed by atoms with Crippen molar-refractivity contribution < 1.29 is 57.2 Å². The van der Waals surface area contributed by atoms with E-state index in [1.54, 1.807) is 113 Å². The maximum absolute atomic E-state index is 13.3. The first kappa shape index (κ1) is 52.5. The molecule has 344 valence electrons. The summed E-state index contributed by atoms with van der Waals surface area (Å²) in [5, 5.41) is 7.86. The van der Waals surface area contributed by atoms with Crippen LogP contribution in [0, 0.1) is 17.8 Å². The van der Waals surface area contributed by atoms with Crippen LogP contribution < -0.4 is 30.2 Å². The molecule has 15 heteroatoms. The summed E-state index contributed by atoms with van der Waals surface area (Å²) in [6.45, 7) is 26.7. The second-order valence-corrected chi connectivity index (χ2v) is 18.4. The van der Waals surface area contributed by atoms with Gasteiger partial charge in [-0.1, -0.05) is 85.1 Å². The number of esters is 3. The molecule has 0 aliphatic heterocycles. The molecule has 0 radical (unpaired) electrons. The van der Waals surface area contributed by atoms with Crippen molar-refractivity contribution in [3.05, 3.63) is 53.6 Å². The van der Waals surface area contributed by atoms with Crippen molar-refractivity contribution in [1.29, 1.82) is 0 Å². The third-order valence-corrected chi connectivity index (χ3v) is 9.32. The molecule has 0 spiro atoms. The van der Waals surface area contributed by atoms with Gasteiger partial charge < -0.3 is 44.4 Å². The Morgan fingerprint density at radius 2 is 0.758 bits per heavy atom. The Morgan fingerprint density at radius 3 is 1.05 bits per heavy atom. The molecule has 15 nitrogen and oxygen atoms in total. The fraction of sp³-hybridized carbons (Fsp3) is 0.574. The van der Waals surface area contributed by atoms with Crippen molar-refractivity contribution in [1.82, 2.24) is 16.0 Å². The summed E-state index contributed by atoms with van der Waals surface area (Å²) in [5.74, 6) is -2.40. The van der Waals surface area contributed by atoms with Crippen molar-refractivity contribution >= 4 is 48.3 Å². The van der Waals surface area contributed by atoms with Gasteiger partial charge in [0.25, 0.3) is 0 Å². The van der Waals surface area contributed by atoms with Gasteiger partial charge in [0, 0.05) is 6.07 Å². The predicted octanol–water partition coefficient (Wildman–Crippen LogP) is 9.39. The van der Waals surface area contributed by atoms with Gasteiger partial charge in [-0.3, -0.25) is 0 Å². The molecule has 2 aromatic rings. The summed E-state index contributed by atoms with van der Waals surface area (Å²) in [7, 11) is 0. The second-order valence-electron chi connectivity index (χ2n) is 18.4. The van der Waals surface area contributed by atoms with Gasteiger partial charge in [0.05, 0.1) is 0 Å². The summed E-state index contributed by atoms with van der Waals surface area (Å²) in [6, 6.07) is 7.97. The van der Waals surface area contributed by atoms with E-state index in [4.69, 9.17) is 28.4 Å². The van der Waals surface area contributed by atoms with E-state index in [0.29, 0.717) is 30.4 Å². The lowest BCUT2D eigenvalue weighted by atomic mass is 9.99. The van der Waals surface area contributed by atoms with Crippen LogP contribution in [0.2, 0.25) is 0 Å². The zero-order valence-corrected chi connectivity index (χ0v) is 39.2. The van der Waals surface area contributed by atoms with Crippen LogP contribution in [0.25, 0.3) is 12.2 Å². The first-order valence-corrected chi connectivity index (χ1v) is 21.2. The standard InChI is InChI=1S/C47H69N3O12/c1-16-28(4)36(39(51)60-45(7,8)9)48-42(54)57-33-23-21-31(22-24-33)19-20-32-25-34(58-43(55)49-37(29(5)17-2)40(52)61-46(10,11)12)27-35(26-32)59-44(56)50-38(30(6)18-3)41(53)62-47(13,14)15/h19-30,36-38H,16-18H2,1-15H3,(H,48,54)(H,49,55)(H,50,56)/b20-19+. The fourth-order valence-corrected chi connectivity index (χ4v) is 5.54. The van der Waals surface area contributed by atoms with E-state index in [1.807, 2.05) is 27.7 Å². The van der Waals surface area contributed by atoms with E-state index >= 15 is 0 Å². The number of amides is 3. The number of benzene rings is 2. The number of carbonyl (C=O) groups excluding carboxylic acids is 6. The Balaban J connectivity index is 2.41. The molecule has 2 aromatic carbocycles. The van der Waals surface area contributed by atoms with Crippen LogP contribution in [-0.2, 0) is 28.6 Å². The molecule has 6 atom stereocenters. The minimum atomic E-state index is -1.01.